The summed E-state index contributed by atoms with van der Waals surface area (Å²) in [5.41, 5.74) is 1.35. The molecule has 0 atom stereocenters. The summed E-state index contributed by atoms with van der Waals surface area (Å²) in [5, 5.41) is 2.84. The minimum Gasteiger partial charge on any atom is -0.325 e. The van der Waals surface area contributed by atoms with E-state index in [1.165, 1.54) is 6.92 Å². The number of Topliss-reactive ketones (excluding diaryl/α,β-unsaturated/α-hetero) is 1. The third-order valence-electron chi connectivity index (χ3n) is 2.80. The number of benzene rings is 1. The molecule has 1 N–H and O–H groups in total. The molecule has 4 heteroatoms. The van der Waals surface area contributed by atoms with Gasteiger partial charge >= 0.3 is 6.03 Å². The van der Waals surface area contributed by atoms with Gasteiger partial charge in [0.05, 0.1) is 0 Å². The lowest BCUT2D eigenvalue weighted by Crippen LogP contribution is -2.37. The molecule has 1 aromatic carbocycles. The second kappa shape index (κ2) is 6.92. The van der Waals surface area contributed by atoms with E-state index in [1.54, 1.807) is 29.2 Å². The first-order valence-corrected chi connectivity index (χ1v) is 6.61. The van der Waals surface area contributed by atoms with Gasteiger partial charge in [-0.1, -0.05) is 13.8 Å². The number of carbonyl (C=O) groups is 2. The van der Waals surface area contributed by atoms with Crippen LogP contribution in [-0.4, -0.2) is 29.8 Å². The summed E-state index contributed by atoms with van der Waals surface area (Å²) in [4.78, 5) is 25.0. The Hall–Kier alpha value is -1.84. The minimum atomic E-state index is -0.105. The van der Waals surface area contributed by atoms with Crippen molar-refractivity contribution < 1.29 is 9.59 Å². The van der Waals surface area contributed by atoms with E-state index in [0.717, 1.165) is 6.54 Å². The van der Waals surface area contributed by atoms with Gasteiger partial charge in [-0.25, -0.2) is 4.79 Å². The molecule has 1 aromatic rings. The smallest absolute Gasteiger partial charge is 0.321 e. The van der Waals surface area contributed by atoms with Crippen LogP contribution in [-0.2, 0) is 0 Å². The Morgan fingerprint density at radius 1 is 1.21 bits per heavy atom. The van der Waals surface area contributed by atoms with Crippen molar-refractivity contribution in [2.24, 2.45) is 5.92 Å². The predicted octanol–water partition coefficient (Wildman–Crippen LogP) is 3.40. The highest BCUT2D eigenvalue weighted by Crippen LogP contribution is 2.11. The Morgan fingerprint density at radius 2 is 1.79 bits per heavy atom. The second-order valence-corrected chi connectivity index (χ2v) is 5.00. The highest BCUT2D eigenvalue weighted by atomic mass is 16.2. The lowest BCUT2D eigenvalue weighted by Gasteiger charge is -2.23. The molecule has 0 fully saturated rings. The van der Waals surface area contributed by atoms with Gasteiger partial charge in [0.1, 0.15) is 0 Å². The summed E-state index contributed by atoms with van der Waals surface area (Å²) in [6.07, 6.45) is 0. The zero-order valence-corrected chi connectivity index (χ0v) is 12.1. The van der Waals surface area contributed by atoms with Gasteiger partial charge in [-0.15, -0.1) is 0 Å². The monoisotopic (exact) mass is 262 g/mol. The number of carbonyl (C=O) groups excluding carboxylic acids is 2. The van der Waals surface area contributed by atoms with Crippen molar-refractivity contribution >= 4 is 17.5 Å². The van der Waals surface area contributed by atoms with Crippen LogP contribution >= 0.6 is 0 Å². The SMILES string of the molecule is CCN(CC(C)C)C(=O)Nc1ccc(C(C)=O)cc1. The minimum absolute atomic E-state index is 0.0212. The van der Waals surface area contributed by atoms with Crippen LogP contribution in [0.1, 0.15) is 38.1 Å². The average Bonchev–Trinajstić information content (AvgIpc) is 2.36. The molecule has 2 amide bonds. The van der Waals surface area contributed by atoms with Crippen LogP contribution < -0.4 is 5.32 Å². The van der Waals surface area contributed by atoms with E-state index in [0.29, 0.717) is 23.7 Å². The molecule has 4 nitrogen and oxygen atoms in total. The zero-order valence-electron chi connectivity index (χ0n) is 12.1. The molecule has 0 spiro atoms. The number of rotatable bonds is 5. The molecule has 0 radical (unpaired) electrons. The molecule has 0 aliphatic heterocycles. The van der Waals surface area contributed by atoms with Crippen molar-refractivity contribution in [1.82, 2.24) is 4.90 Å². The highest BCUT2D eigenvalue weighted by molar-refractivity contribution is 5.95. The molecule has 0 heterocycles. The maximum Gasteiger partial charge on any atom is 0.321 e. The Bertz CT molecular complexity index is 438. The van der Waals surface area contributed by atoms with Gasteiger partial charge in [0.2, 0.25) is 0 Å². The largest absolute Gasteiger partial charge is 0.325 e. The molecule has 0 aliphatic rings. The van der Waals surface area contributed by atoms with E-state index in [2.05, 4.69) is 19.2 Å². The van der Waals surface area contributed by atoms with Gasteiger partial charge in [-0.05, 0) is 44.0 Å². The predicted molar refractivity (Wildman–Crippen MR) is 77.6 cm³/mol. The molecule has 0 bridgehead atoms. The van der Waals surface area contributed by atoms with Crippen LogP contribution in [0.5, 0.6) is 0 Å². The third-order valence-corrected chi connectivity index (χ3v) is 2.80. The summed E-state index contributed by atoms with van der Waals surface area (Å²) < 4.78 is 0. The molecule has 0 aliphatic carbocycles. The number of nitrogens with zero attached hydrogens (tertiary/aromatic N) is 1. The quantitative estimate of drug-likeness (QED) is 0.827. The van der Waals surface area contributed by atoms with Crippen molar-refractivity contribution in [3.05, 3.63) is 29.8 Å². The highest BCUT2D eigenvalue weighted by Gasteiger charge is 2.12. The van der Waals surface area contributed by atoms with Crippen molar-refractivity contribution in [2.45, 2.75) is 27.7 Å². The molecule has 0 saturated carbocycles. The number of hydrogen-bond acceptors (Lipinski definition) is 2. The number of hydrogen-bond donors (Lipinski definition) is 1. The van der Waals surface area contributed by atoms with Gasteiger partial charge < -0.3 is 10.2 Å². The molecular weight excluding hydrogens is 240 g/mol. The van der Waals surface area contributed by atoms with Crippen molar-refractivity contribution in [1.29, 1.82) is 0 Å². The van der Waals surface area contributed by atoms with Gasteiger partial charge in [-0.3, -0.25) is 4.79 Å². The Kier molecular flexibility index (Phi) is 5.55. The standard InChI is InChI=1S/C15H22N2O2/c1-5-17(10-11(2)3)15(19)16-14-8-6-13(7-9-14)12(4)18/h6-9,11H,5,10H2,1-4H3,(H,16,19). The average molecular weight is 262 g/mol. The molecule has 104 valence electrons. The summed E-state index contributed by atoms with van der Waals surface area (Å²) in [7, 11) is 0. The van der Waals surface area contributed by atoms with E-state index in [-0.39, 0.29) is 11.8 Å². The van der Waals surface area contributed by atoms with E-state index in [9.17, 15) is 9.59 Å². The summed E-state index contributed by atoms with van der Waals surface area (Å²) in [6, 6.07) is 6.83. The zero-order chi connectivity index (χ0) is 14.4. The number of anilines is 1. The Morgan fingerprint density at radius 3 is 2.21 bits per heavy atom. The van der Waals surface area contributed by atoms with Gasteiger partial charge in [0, 0.05) is 24.3 Å². The third kappa shape index (κ3) is 4.73. The fourth-order valence-electron chi connectivity index (χ4n) is 1.79. The number of urea groups is 1. The first-order chi connectivity index (χ1) is 8.93. The Labute approximate surface area is 114 Å². The Balaban J connectivity index is 2.67. The first kappa shape index (κ1) is 15.2. The second-order valence-electron chi connectivity index (χ2n) is 5.00. The summed E-state index contributed by atoms with van der Waals surface area (Å²) in [5.74, 6) is 0.457. The normalized spacial score (nSPS) is 10.4. The van der Waals surface area contributed by atoms with Crippen molar-refractivity contribution in [2.75, 3.05) is 18.4 Å². The van der Waals surface area contributed by atoms with Crippen LogP contribution in [0.2, 0.25) is 0 Å². The van der Waals surface area contributed by atoms with Crippen molar-refractivity contribution in [3.63, 3.8) is 0 Å². The number of amides is 2. The number of ketones is 1. The maximum atomic E-state index is 12.0. The topological polar surface area (TPSA) is 49.4 Å². The van der Waals surface area contributed by atoms with E-state index < -0.39 is 0 Å². The molecule has 1 rings (SSSR count). The molecule has 0 unspecified atom stereocenters. The summed E-state index contributed by atoms with van der Waals surface area (Å²) >= 11 is 0. The van der Waals surface area contributed by atoms with Crippen LogP contribution in [0.15, 0.2) is 24.3 Å². The molecular formula is C15H22N2O2. The van der Waals surface area contributed by atoms with Crippen molar-refractivity contribution in [3.8, 4) is 0 Å². The molecule has 19 heavy (non-hydrogen) atoms. The fraction of sp³-hybridized carbons (Fsp3) is 0.467. The molecule has 0 saturated heterocycles. The van der Waals surface area contributed by atoms with Gasteiger partial charge in [-0.2, -0.15) is 0 Å². The van der Waals surface area contributed by atoms with Crippen LogP contribution in [0.4, 0.5) is 10.5 Å². The first-order valence-electron chi connectivity index (χ1n) is 6.61. The van der Waals surface area contributed by atoms with Gasteiger partial charge in [0.15, 0.2) is 5.78 Å². The lowest BCUT2D eigenvalue weighted by molar-refractivity contribution is 0.101. The number of nitrogens with one attached hydrogen (secondary N) is 1. The lowest BCUT2D eigenvalue weighted by atomic mass is 10.1. The summed E-state index contributed by atoms with van der Waals surface area (Å²) in [6.45, 7) is 9.05. The van der Waals surface area contributed by atoms with Crippen LogP contribution in [0.25, 0.3) is 0 Å². The van der Waals surface area contributed by atoms with Crippen LogP contribution in [0.3, 0.4) is 0 Å². The van der Waals surface area contributed by atoms with E-state index >= 15 is 0 Å². The molecule has 0 aromatic heterocycles. The van der Waals surface area contributed by atoms with E-state index in [4.69, 9.17) is 0 Å². The van der Waals surface area contributed by atoms with E-state index in [1.807, 2.05) is 6.92 Å². The van der Waals surface area contributed by atoms with Gasteiger partial charge in [0.25, 0.3) is 0 Å². The van der Waals surface area contributed by atoms with Crippen LogP contribution in [0, 0.1) is 5.92 Å². The fourth-order valence-corrected chi connectivity index (χ4v) is 1.79. The maximum absolute atomic E-state index is 12.0.